The van der Waals surface area contributed by atoms with E-state index in [9.17, 15) is 4.79 Å². The molecule has 1 heterocycles. The first-order chi connectivity index (χ1) is 9.74. The second-order valence-electron chi connectivity index (χ2n) is 4.52. The molecule has 20 heavy (non-hydrogen) atoms. The van der Waals surface area contributed by atoms with Crippen LogP contribution in [0.3, 0.4) is 0 Å². The van der Waals surface area contributed by atoms with Gasteiger partial charge in [0.05, 0.1) is 23.6 Å². The summed E-state index contributed by atoms with van der Waals surface area (Å²) in [4.78, 5) is 14.1. The fraction of sp³-hybridized carbons (Fsp3) is 0.357. The molecule has 1 aromatic carbocycles. The van der Waals surface area contributed by atoms with Gasteiger partial charge in [0.15, 0.2) is 0 Å². The minimum absolute atomic E-state index is 0.0611. The maximum absolute atomic E-state index is 12.5. The third-order valence-electron chi connectivity index (χ3n) is 3.05. The number of hydrogen-bond acceptors (Lipinski definition) is 4. The predicted octanol–water partition coefficient (Wildman–Crippen LogP) is 1.11. The molecule has 0 fully saturated rings. The Morgan fingerprint density at radius 1 is 1.35 bits per heavy atom. The van der Waals surface area contributed by atoms with Crippen LogP contribution in [0.25, 0.3) is 5.69 Å². The Morgan fingerprint density at radius 2 is 2.15 bits per heavy atom. The SMILES string of the molecule is CN(CCCCO)C(=O)c1ccccc1-n1ccnn1. The van der Waals surface area contributed by atoms with Gasteiger partial charge in [-0.1, -0.05) is 17.3 Å². The molecule has 6 nitrogen and oxygen atoms in total. The highest BCUT2D eigenvalue weighted by Gasteiger charge is 2.16. The zero-order valence-electron chi connectivity index (χ0n) is 11.4. The average molecular weight is 274 g/mol. The van der Waals surface area contributed by atoms with Gasteiger partial charge in [-0.25, -0.2) is 4.68 Å². The topological polar surface area (TPSA) is 71.2 Å². The molecule has 0 radical (unpaired) electrons. The molecule has 1 amide bonds. The zero-order valence-corrected chi connectivity index (χ0v) is 11.4. The smallest absolute Gasteiger partial charge is 0.255 e. The summed E-state index contributed by atoms with van der Waals surface area (Å²) < 4.78 is 1.58. The number of para-hydroxylation sites is 1. The van der Waals surface area contributed by atoms with Gasteiger partial charge in [-0.2, -0.15) is 0 Å². The summed E-state index contributed by atoms with van der Waals surface area (Å²) in [7, 11) is 1.76. The lowest BCUT2D eigenvalue weighted by Crippen LogP contribution is -2.28. The molecule has 1 N–H and O–H groups in total. The van der Waals surface area contributed by atoms with Crippen molar-refractivity contribution in [2.45, 2.75) is 12.8 Å². The molecule has 0 saturated carbocycles. The molecule has 2 rings (SSSR count). The number of carbonyl (C=O) groups is 1. The van der Waals surface area contributed by atoms with Gasteiger partial charge in [0.25, 0.3) is 5.91 Å². The standard InChI is InChI=1S/C14H18N4O2/c1-17(9-4-5-11-19)14(20)12-6-2-3-7-13(12)18-10-8-15-16-18/h2-3,6-8,10,19H,4-5,9,11H2,1H3. The molecule has 106 valence electrons. The number of hydrogen-bond donors (Lipinski definition) is 1. The summed E-state index contributed by atoms with van der Waals surface area (Å²) in [6.07, 6.45) is 4.76. The molecule has 6 heteroatoms. The minimum atomic E-state index is -0.0611. The normalized spacial score (nSPS) is 10.5. The van der Waals surface area contributed by atoms with Gasteiger partial charge in [0.1, 0.15) is 0 Å². The van der Waals surface area contributed by atoms with Gasteiger partial charge in [-0.05, 0) is 25.0 Å². The van der Waals surface area contributed by atoms with Gasteiger partial charge in [-0.3, -0.25) is 4.79 Å². The monoisotopic (exact) mass is 274 g/mol. The molecule has 0 aliphatic heterocycles. The van der Waals surface area contributed by atoms with Gasteiger partial charge in [-0.15, -0.1) is 5.10 Å². The van der Waals surface area contributed by atoms with Crippen molar-refractivity contribution >= 4 is 5.91 Å². The fourth-order valence-corrected chi connectivity index (χ4v) is 1.96. The van der Waals surface area contributed by atoms with Crippen LogP contribution in [0, 0.1) is 0 Å². The molecular weight excluding hydrogens is 256 g/mol. The number of aromatic nitrogens is 3. The highest BCUT2D eigenvalue weighted by Crippen LogP contribution is 2.15. The number of carbonyl (C=O) groups excluding carboxylic acids is 1. The van der Waals surface area contributed by atoms with E-state index in [0.717, 1.165) is 6.42 Å². The minimum Gasteiger partial charge on any atom is -0.396 e. The number of nitrogens with zero attached hydrogens (tertiary/aromatic N) is 4. The summed E-state index contributed by atoms with van der Waals surface area (Å²) in [5, 5.41) is 16.5. The van der Waals surface area contributed by atoms with Crippen LogP contribution in [0.2, 0.25) is 0 Å². The summed E-state index contributed by atoms with van der Waals surface area (Å²) >= 11 is 0. The highest BCUT2D eigenvalue weighted by molar-refractivity contribution is 5.97. The van der Waals surface area contributed by atoms with Crippen molar-refractivity contribution in [3.63, 3.8) is 0 Å². The molecule has 1 aromatic heterocycles. The van der Waals surface area contributed by atoms with Crippen molar-refractivity contribution in [2.24, 2.45) is 0 Å². The first kappa shape index (κ1) is 14.2. The molecule has 0 unspecified atom stereocenters. The van der Waals surface area contributed by atoms with Crippen molar-refractivity contribution in [2.75, 3.05) is 20.2 Å². The Hall–Kier alpha value is -2.21. The predicted molar refractivity (Wildman–Crippen MR) is 74.6 cm³/mol. The lowest BCUT2D eigenvalue weighted by atomic mass is 10.1. The number of unbranched alkanes of at least 4 members (excludes halogenated alkanes) is 1. The molecule has 2 aromatic rings. The Kier molecular flexibility index (Phi) is 4.84. The van der Waals surface area contributed by atoms with Crippen molar-refractivity contribution in [3.05, 3.63) is 42.2 Å². The van der Waals surface area contributed by atoms with Crippen LogP contribution in [-0.4, -0.2) is 51.1 Å². The third kappa shape index (κ3) is 3.21. The second-order valence-corrected chi connectivity index (χ2v) is 4.52. The number of amides is 1. The Bertz CT molecular complexity index is 554. The number of rotatable bonds is 6. The van der Waals surface area contributed by atoms with E-state index in [1.807, 2.05) is 18.2 Å². The Labute approximate surface area is 117 Å². The lowest BCUT2D eigenvalue weighted by molar-refractivity contribution is 0.0790. The molecule has 0 spiro atoms. The number of aliphatic hydroxyl groups is 1. The van der Waals surface area contributed by atoms with Crippen LogP contribution in [0.4, 0.5) is 0 Å². The molecule has 0 atom stereocenters. The number of aliphatic hydroxyl groups excluding tert-OH is 1. The average Bonchev–Trinajstić information content (AvgIpc) is 3.00. The summed E-state index contributed by atoms with van der Waals surface area (Å²) in [6, 6.07) is 7.31. The van der Waals surface area contributed by atoms with E-state index in [2.05, 4.69) is 10.3 Å². The van der Waals surface area contributed by atoms with Crippen LogP contribution in [0.1, 0.15) is 23.2 Å². The Morgan fingerprint density at radius 3 is 2.85 bits per heavy atom. The summed E-state index contributed by atoms with van der Waals surface area (Å²) in [6.45, 7) is 0.767. The van der Waals surface area contributed by atoms with E-state index in [-0.39, 0.29) is 12.5 Å². The maximum atomic E-state index is 12.5. The molecule has 0 aliphatic rings. The maximum Gasteiger partial charge on any atom is 0.255 e. The van der Waals surface area contributed by atoms with Gasteiger partial charge >= 0.3 is 0 Å². The van der Waals surface area contributed by atoms with Crippen LogP contribution in [0.15, 0.2) is 36.7 Å². The van der Waals surface area contributed by atoms with E-state index in [1.165, 1.54) is 0 Å². The van der Waals surface area contributed by atoms with E-state index in [1.54, 1.807) is 35.1 Å². The first-order valence-electron chi connectivity index (χ1n) is 6.56. The van der Waals surface area contributed by atoms with E-state index in [4.69, 9.17) is 5.11 Å². The van der Waals surface area contributed by atoms with Crippen molar-refractivity contribution < 1.29 is 9.90 Å². The van der Waals surface area contributed by atoms with E-state index >= 15 is 0 Å². The molecule has 0 saturated heterocycles. The third-order valence-corrected chi connectivity index (χ3v) is 3.05. The van der Waals surface area contributed by atoms with E-state index < -0.39 is 0 Å². The lowest BCUT2D eigenvalue weighted by Gasteiger charge is -2.18. The van der Waals surface area contributed by atoms with Crippen molar-refractivity contribution in [1.29, 1.82) is 0 Å². The largest absolute Gasteiger partial charge is 0.396 e. The fourth-order valence-electron chi connectivity index (χ4n) is 1.96. The highest BCUT2D eigenvalue weighted by atomic mass is 16.3. The molecule has 0 aliphatic carbocycles. The van der Waals surface area contributed by atoms with Gasteiger partial charge in [0.2, 0.25) is 0 Å². The molecular formula is C14H18N4O2. The Balaban J connectivity index is 2.18. The second kappa shape index (κ2) is 6.81. The van der Waals surface area contributed by atoms with Crippen LogP contribution < -0.4 is 0 Å². The zero-order chi connectivity index (χ0) is 14.4. The molecule has 0 bridgehead atoms. The van der Waals surface area contributed by atoms with Crippen LogP contribution in [0.5, 0.6) is 0 Å². The first-order valence-corrected chi connectivity index (χ1v) is 6.56. The van der Waals surface area contributed by atoms with Gasteiger partial charge < -0.3 is 10.0 Å². The van der Waals surface area contributed by atoms with Crippen LogP contribution >= 0.6 is 0 Å². The number of benzene rings is 1. The summed E-state index contributed by atoms with van der Waals surface area (Å²) in [5.41, 5.74) is 1.30. The van der Waals surface area contributed by atoms with Crippen molar-refractivity contribution in [1.82, 2.24) is 19.9 Å². The van der Waals surface area contributed by atoms with Crippen molar-refractivity contribution in [3.8, 4) is 5.69 Å². The van der Waals surface area contributed by atoms with Gasteiger partial charge in [0, 0.05) is 20.2 Å². The summed E-state index contributed by atoms with van der Waals surface area (Å²) in [5.74, 6) is -0.0611. The van der Waals surface area contributed by atoms with E-state index in [0.29, 0.717) is 24.2 Å². The quantitative estimate of drug-likeness (QED) is 0.801. The van der Waals surface area contributed by atoms with Crippen LogP contribution in [-0.2, 0) is 0 Å².